The molecule has 2 amide bonds. The highest BCUT2D eigenvalue weighted by molar-refractivity contribution is 5.93. The first-order valence-electron chi connectivity index (χ1n) is 7.99. The van der Waals surface area contributed by atoms with Crippen LogP contribution in [0.1, 0.15) is 37.2 Å². The number of amides is 2. The molecule has 1 aliphatic rings. The van der Waals surface area contributed by atoms with Crippen LogP contribution in [0.3, 0.4) is 0 Å². The first-order chi connectivity index (χ1) is 11.5. The van der Waals surface area contributed by atoms with Crippen LogP contribution in [0.25, 0.3) is 0 Å². The molecule has 2 heterocycles. The zero-order valence-corrected chi connectivity index (χ0v) is 13.7. The summed E-state index contributed by atoms with van der Waals surface area (Å²) >= 11 is 0. The second-order valence-electron chi connectivity index (χ2n) is 6.17. The molecule has 8 nitrogen and oxygen atoms in total. The fraction of sp³-hybridized carbons (Fsp3) is 0.500. The molecule has 0 spiro atoms. The minimum atomic E-state index is -0.111. The highest BCUT2D eigenvalue weighted by Gasteiger charge is 2.30. The van der Waals surface area contributed by atoms with Gasteiger partial charge in [0.25, 0.3) is 0 Å². The van der Waals surface area contributed by atoms with Crippen molar-refractivity contribution in [2.75, 3.05) is 10.6 Å². The third-order valence-electron chi connectivity index (χ3n) is 4.23. The summed E-state index contributed by atoms with van der Waals surface area (Å²) in [4.78, 5) is 24.5. The Morgan fingerprint density at radius 1 is 0.875 bits per heavy atom. The van der Waals surface area contributed by atoms with Gasteiger partial charge in [0.2, 0.25) is 11.8 Å². The van der Waals surface area contributed by atoms with E-state index in [1.165, 1.54) is 0 Å². The summed E-state index contributed by atoms with van der Waals surface area (Å²) in [6.07, 6.45) is 2.66. The van der Waals surface area contributed by atoms with E-state index in [1.807, 2.05) is 0 Å². The molecule has 1 aliphatic carbocycles. The van der Waals surface area contributed by atoms with Crippen molar-refractivity contribution in [2.24, 2.45) is 11.8 Å². The molecule has 0 unspecified atom stereocenters. The number of hydrogen-bond acceptors (Lipinski definition) is 6. The minimum absolute atomic E-state index is 0.0747. The van der Waals surface area contributed by atoms with Gasteiger partial charge in [0, 0.05) is 24.0 Å². The molecule has 0 aliphatic heterocycles. The minimum Gasteiger partial charge on any atom is -0.360 e. The average Bonchev–Trinajstić information content (AvgIpc) is 3.15. The van der Waals surface area contributed by atoms with E-state index in [1.54, 1.807) is 26.0 Å². The Morgan fingerprint density at radius 2 is 1.25 bits per heavy atom. The summed E-state index contributed by atoms with van der Waals surface area (Å²) in [5, 5.41) is 13.0. The van der Waals surface area contributed by atoms with Crippen LogP contribution in [0.4, 0.5) is 11.6 Å². The second-order valence-corrected chi connectivity index (χ2v) is 6.17. The van der Waals surface area contributed by atoms with E-state index in [0.29, 0.717) is 48.8 Å². The molecule has 0 aromatic carbocycles. The van der Waals surface area contributed by atoms with Crippen LogP contribution in [-0.2, 0) is 9.59 Å². The van der Waals surface area contributed by atoms with Crippen LogP contribution in [0.2, 0.25) is 0 Å². The van der Waals surface area contributed by atoms with Crippen molar-refractivity contribution in [3.05, 3.63) is 23.7 Å². The molecule has 0 radical (unpaired) electrons. The van der Waals surface area contributed by atoms with Gasteiger partial charge in [-0.3, -0.25) is 9.59 Å². The number of carbonyl (C=O) groups excluding carboxylic acids is 2. The molecule has 8 heteroatoms. The maximum Gasteiger partial charge on any atom is 0.228 e. The molecule has 2 aromatic rings. The van der Waals surface area contributed by atoms with Gasteiger partial charge in [0.05, 0.1) is 0 Å². The lowest BCUT2D eigenvalue weighted by Gasteiger charge is -2.26. The summed E-state index contributed by atoms with van der Waals surface area (Å²) in [6.45, 7) is 3.53. The molecule has 0 bridgehead atoms. The van der Waals surface area contributed by atoms with E-state index < -0.39 is 0 Å². The van der Waals surface area contributed by atoms with Gasteiger partial charge in [-0.05, 0) is 39.5 Å². The number of aryl methyl sites for hydroxylation is 2. The van der Waals surface area contributed by atoms with Crippen molar-refractivity contribution in [2.45, 2.75) is 39.5 Å². The molecule has 0 atom stereocenters. The average molecular weight is 332 g/mol. The quantitative estimate of drug-likeness (QED) is 0.890. The largest absolute Gasteiger partial charge is 0.360 e. The van der Waals surface area contributed by atoms with Gasteiger partial charge in [0.15, 0.2) is 11.6 Å². The molecule has 2 N–H and O–H groups in total. The van der Waals surface area contributed by atoms with E-state index in [-0.39, 0.29) is 23.7 Å². The molecule has 1 saturated carbocycles. The van der Waals surface area contributed by atoms with Crippen molar-refractivity contribution in [1.82, 2.24) is 10.3 Å². The lowest BCUT2D eigenvalue weighted by molar-refractivity contribution is -0.125. The maximum atomic E-state index is 12.2. The van der Waals surface area contributed by atoms with E-state index in [9.17, 15) is 9.59 Å². The Bertz CT molecular complexity index is 666. The van der Waals surface area contributed by atoms with Crippen LogP contribution in [-0.4, -0.2) is 22.1 Å². The number of carbonyl (C=O) groups is 2. The first-order valence-corrected chi connectivity index (χ1v) is 7.99. The lowest BCUT2D eigenvalue weighted by atomic mass is 9.81. The Kier molecular flexibility index (Phi) is 4.64. The third kappa shape index (κ3) is 3.81. The molecule has 2 aromatic heterocycles. The lowest BCUT2D eigenvalue weighted by Crippen LogP contribution is -2.32. The van der Waals surface area contributed by atoms with Gasteiger partial charge in [0.1, 0.15) is 11.5 Å². The van der Waals surface area contributed by atoms with Crippen molar-refractivity contribution in [1.29, 1.82) is 0 Å². The van der Waals surface area contributed by atoms with Crippen molar-refractivity contribution in [3.8, 4) is 0 Å². The number of nitrogens with one attached hydrogen (secondary N) is 2. The number of hydrogen-bond donors (Lipinski definition) is 2. The SMILES string of the molecule is Cc1cc(NC(=O)C2CCC(C(=O)Nc3cc(C)on3)CC2)no1. The standard InChI is InChI=1S/C16H20N4O4/c1-9-7-13(19-23-9)17-15(21)11-3-5-12(6-4-11)16(22)18-14-8-10(2)24-20-14/h7-8,11-12H,3-6H2,1-2H3,(H,17,19,21)(H,18,20,22). The molecule has 1 fully saturated rings. The first kappa shape index (κ1) is 16.2. The molecule has 3 rings (SSSR count). The zero-order chi connectivity index (χ0) is 17.1. The predicted molar refractivity (Wildman–Crippen MR) is 85.2 cm³/mol. The summed E-state index contributed by atoms with van der Waals surface area (Å²) in [7, 11) is 0. The Labute approximate surface area is 138 Å². The fourth-order valence-corrected chi connectivity index (χ4v) is 2.92. The van der Waals surface area contributed by atoms with Gasteiger partial charge in [-0.25, -0.2) is 0 Å². The molecular formula is C16H20N4O4. The van der Waals surface area contributed by atoms with Crippen molar-refractivity contribution >= 4 is 23.5 Å². The number of rotatable bonds is 4. The second kappa shape index (κ2) is 6.86. The molecule has 0 saturated heterocycles. The van der Waals surface area contributed by atoms with Gasteiger partial charge in [-0.15, -0.1) is 0 Å². The highest BCUT2D eigenvalue weighted by atomic mass is 16.5. The number of aromatic nitrogens is 2. The van der Waals surface area contributed by atoms with Gasteiger partial charge < -0.3 is 19.7 Å². The van der Waals surface area contributed by atoms with E-state index in [0.717, 1.165) is 0 Å². The highest BCUT2D eigenvalue weighted by Crippen LogP contribution is 2.30. The van der Waals surface area contributed by atoms with Crippen molar-refractivity contribution in [3.63, 3.8) is 0 Å². The van der Waals surface area contributed by atoms with E-state index >= 15 is 0 Å². The maximum absolute atomic E-state index is 12.2. The summed E-state index contributed by atoms with van der Waals surface area (Å²) in [5.41, 5.74) is 0. The van der Waals surface area contributed by atoms with Gasteiger partial charge in [-0.2, -0.15) is 0 Å². The normalized spacial score (nSPS) is 20.6. The molecule has 24 heavy (non-hydrogen) atoms. The van der Waals surface area contributed by atoms with Gasteiger partial charge >= 0.3 is 0 Å². The monoisotopic (exact) mass is 332 g/mol. The Morgan fingerprint density at radius 3 is 1.54 bits per heavy atom. The fourth-order valence-electron chi connectivity index (χ4n) is 2.92. The Hall–Kier alpha value is -2.64. The van der Waals surface area contributed by atoms with Gasteiger partial charge in [-0.1, -0.05) is 10.3 Å². The van der Waals surface area contributed by atoms with E-state index in [2.05, 4.69) is 20.9 Å². The number of nitrogens with zero attached hydrogens (tertiary/aromatic N) is 2. The van der Waals surface area contributed by atoms with Crippen LogP contribution in [0.15, 0.2) is 21.2 Å². The summed E-state index contributed by atoms with van der Waals surface area (Å²) in [6, 6.07) is 3.35. The third-order valence-corrected chi connectivity index (χ3v) is 4.23. The van der Waals surface area contributed by atoms with E-state index in [4.69, 9.17) is 9.05 Å². The summed E-state index contributed by atoms with van der Waals surface area (Å²) < 4.78 is 9.86. The van der Waals surface area contributed by atoms with Crippen LogP contribution in [0, 0.1) is 25.7 Å². The molecule has 128 valence electrons. The van der Waals surface area contributed by atoms with Crippen LogP contribution in [0.5, 0.6) is 0 Å². The van der Waals surface area contributed by atoms with Crippen LogP contribution >= 0.6 is 0 Å². The zero-order valence-electron chi connectivity index (χ0n) is 13.7. The predicted octanol–water partition coefficient (Wildman–Crippen LogP) is 2.66. The smallest absolute Gasteiger partial charge is 0.228 e. The topological polar surface area (TPSA) is 110 Å². The van der Waals surface area contributed by atoms with Crippen molar-refractivity contribution < 1.29 is 18.6 Å². The molecular weight excluding hydrogens is 312 g/mol. The Balaban J connectivity index is 1.48. The van der Waals surface area contributed by atoms with Crippen LogP contribution < -0.4 is 10.6 Å². The number of anilines is 2. The summed E-state index contributed by atoms with van der Waals surface area (Å²) in [5.74, 6) is 1.78.